The van der Waals surface area contributed by atoms with E-state index < -0.39 is 11.7 Å². The maximum absolute atomic E-state index is 12.8. The molecule has 0 unspecified atom stereocenters. The summed E-state index contributed by atoms with van der Waals surface area (Å²) in [5, 5.41) is 2.65. The Labute approximate surface area is 121 Å². The van der Waals surface area contributed by atoms with Crippen LogP contribution in [0.5, 0.6) is 0 Å². The smallest absolute Gasteiger partial charge is 0.258 e. The first-order valence-corrected chi connectivity index (χ1v) is 6.63. The molecule has 0 aliphatic heterocycles. The van der Waals surface area contributed by atoms with Gasteiger partial charge in [0.1, 0.15) is 10.2 Å². The first-order chi connectivity index (χ1) is 8.47. The SMILES string of the molecule is O=C(Nc1ccc(F)cc1Cl)c1cc(Cl)sc1Cl. The average Bonchev–Trinajstić information content (AvgIpc) is 2.62. The van der Waals surface area contributed by atoms with Crippen molar-refractivity contribution in [3.8, 4) is 0 Å². The van der Waals surface area contributed by atoms with Crippen molar-refractivity contribution in [1.82, 2.24) is 0 Å². The number of carbonyl (C=O) groups excluding carboxylic acids is 1. The van der Waals surface area contributed by atoms with Gasteiger partial charge in [-0.15, -0.1) is 11.3 Å². The zero-order chi connectivity index (χ0) is 13.3. The molecule has 1 aromatic carbocycles. The summed E-state index contributed by atoms with van der Waals surface area (Å²) < 4.78 is 13.5. The van der Waals surface area contributed by atoms with Crippen LogP contribution >= 0.6 is 46.1 Å². The highest BCUT2D eigenvalue weighted by molar-refractivity contribution is 7.20. The molecule has 7 heteroatoms. The Bertz CT molecular complexity index is 614. The molecule has 0 bridgehead atoms. The molecule has 94 valence electrons. The molecule has 0 atom stereocenters. The molecule has 0 aliphatic carbocycles. The van der Waals surface area contributed by atoms with E-state index in [4.69, 9.17) is 34.8 Å². The van der Waals surface area contributed by atoms with Gasteiger partial charge < -0.3 is 5.32 Å². The number of nitrogens with one attached hydrogen (secondary N) is 1. The molecule has 1 amide bonds. The number of benzene rings is 1. The molecule has 1 N–H and O–H groups in total. The maximum atomic E-state index is 12.8. The highest BCUT2D eigenvalue weighted by Gasteiger charge is 2.15. The Morgan fingerprint density at radius 3 is 2.50 bits per heavy atom. The summed E-state index contributed by atoms with van der Waals surface area (Å²) in [7, 11) is 0. The lowest BCUT2D eigenvalue weighted by molar-refractivity contribution is 0.102. The fraction of sp³-hybridized carbons (Fsp3) is 0. The molecule has 0 fully saturated rings. The third kappa shape index (κ3) is 2.95. The zero-order valence-electron chi connectivity index (χ0n) is 8.64. The van der Waals surface area contributed by atoms with Crippen LogP contribution in [-0.2, 0) is 0 Å². The fourth-order valence-electron chi connectivity index (χ4n) is 1.28. The lowest BCUT2D eigenvalue weighted by Crippen LogP contribution is -2.11. The molecule has 1 heterocycles. The fourth-order valence-corrected chi connectivity index (χ4v) is 2.95. The Balaban J connectivity index is 2.24. The second kappa shape index (κ2) is 5.45. The summed E-state index contributed by atoms with van der Waals surface area (Å²) in [5.41, 5.74) is 0.563. The summed E-state index contributed by atoms with van der Waals surface area (Å²) in [6, 6.07) is 5.14. The van der Waals surface area contributed by atoms with Crippen LogP contribution in [0, 0.1) is 5.82 Å². The van der Waals surface area contributed by atoms with Crippen molar-refractivity contribution in [2.75, 3.05) is 5.32 Å². The monoisotopic (exact) mass is 323 g/mol. The Hall–Kier alpha value is -0.810. The Morgan fingerprint density at radius 1 is 1.22 bits per heavy atom. The van der Waals surface area contributed by atoms with Gasteiger partial charge in [-0.25, -0.2) is 4.39 Å². The molecule has 2 rings (SSSR count). The minimum atomic E-state index is -0.477. The number of hydrogen-bond acceptors (Lipinski definition) is 2. The van der Waals surface area contributed by atoms with E-state index in [9.17, 15) is 9.18 Å². The topological polar surface area (TPSA) is 29.1 Å². The minimum absolute atomic E-state index is 0.112. The quantitative estimate of drug-likeness (QED) is 0.818. The van der Waals surface area contributed by atoms with Gasteiger partial charge in [0.05, 0.1) is 20.6 Å². The number of halogens is 4. The van der Waals surface area contributed by atoms with Crippen molar-refractivity contribution < 1.29 is 9.18 Å². The largest absolute Gasteiger partial charge is 0.321 e. The lowest BCUT2D eigenvalue weighted by Gasteiger charge is -2.06. The summed E-state index contributed by atoms with van der Waals surface area (Å²) >= 11 is 18.5. The number of thiophene rings is 1. The van der Waals surface area contributed by atoms with E-state index in [1.54, 1.807) is 0 Å². The first-order valence-electron chi connectivity index (χ1n) is 4.68. The van der Waals surface area contributed by atoms with Crippen LogP contribution in [0.25, 0.3) is 0 Å². The average molecular weight is 325 g/mol. The molecular weight excluding hydrogens is 320 g/mol. The van der Waals surface area contributed by atoms with E-state index in [0.717, 1.165) is 17.4 Å². The van der Waals surface area contributed by atoms with Gasteiger partial charge in [-0.2, -0.15) is 0 Å². The van der Waals surface area contributed by atoms with Crippen molar-refractivity contribution in [3.63, 3.8) is 0 Å². The molecule has 0 saturated heterocycles. The summed E-state index contributed by atoms with van der Waals surface area (Å²) in [4.78, 5) is 11.9. The van der Waals surface area contributed by atoms with E-state index in [1.165, 1.54) is 18.2 Å². The second-order valence-corrected chi connectivity index (χ2v) is 6.01. The molecule has 1 aromatic heterocycles. The number of anilines is 1. The number of rotatable bonds is 2. The van der Waals surface area contributed by atoms with Gasteiger partial charge >= 0.3 is 0 Å². The van der Waals surface area contributed by atoms with E-state index in [-0.39, 0.29) is 14.9 Å². The van der Waals surface area contributed by atoms with E-state index >= 15 is 0 Å². The molecule has 0 radical (unpaired) electrons. The van der Waals surface area contributed by atoms with Crippen LogP contribution < -0.4 is 5.32 Å². The van der Waals surface area contributed by atoms with E-state index in [1.807, 2.05) is 0 Å². The molecule has 0 saturated carbocycles. The molecule has 18 heavy (non-hydrogen) atoms. The van der Waals surface area contributed by atoms with Crippen LogP contribution in [0.3, 0.4) is 0 Å². The second-order valence-electron chi connectivity index (χ2n) is 3.32. The van der Waals surface area contributed by atoms with Crippen LogP contribution in [0.2, 0.25) is 13.7 Å². The van der Waals surface area contributed by atoms with Gasteiger partial charge in [-0.05, 0) is 24.3 Å². The number of hydrogen-bond donors (Lipinski definition) is 1. The number of amides is 1. The standard InChI is InChI=1S/C11H5Cl3FNOS/c12-7-3-5(15)1-2-8(7)16-11(17)6-4-9(13)18-10(6)14/h1-4H,(H,16,17). The number of carbonyl (C=O) groups is 1. The predicted octanol–water partition coefficient (Wildman–Crippen LogP) is 5.10. The maximum Gasteiger partial charge on any atom is 0.258 e. The summed E-state index contributed by atoms with van der Waals surface area (Å²) in [6.07, 6.45) is 0. The molecule has 2 nitrogen and oxygen atoms in total. The Kier molecular flexibility index (Phi) is 4.12. The molecule has 2 aromatic rings. The normalized spacial score (nSPS) is 10.4. The van der Waals surface area contributed by atoms with E-state index in [2.05, 4.69) is 5.32 Å². The molecule has 0 aliphatic rings. The van der Waals surface area contributed by atoms with Crippen molar-refractivity contribution in [2.45, 2.75) is 0 Å². The van der Waals surface area contributed by atoms with Crippen molar-refractivity contribution in [2.24, 2.45) is 0 Å². The third-order valence-electron chi connectivity index (χ3n) is 2.08. The molecule has 0 spiro atoms. The van der Waals surface area contributed by atoms with Crippen molar-refractivity contribution >= 4 is 57.7 Å². The Morgan fingerprint density at radius 2 is 1.94 bits per heavy atom. The predicted molar refractivity (Wildman–Crippen MR) is 73.7 cm³/mol. The van der Waals surface area contributed by atoms with Gasteiger partial charge in [-0.3, -0.25) is 4.79 Å². The van der Waals surface area contributed by atoms with Gasteiger partial charge in [0.2, 0.25) is 0 Å². The van der Waals surface area contributed by atoms with Crippen molar-refractivity contribution in [3.05, 3.63) is 49.3 Å². The van der Waals surface area contributed by atoms with Gasteiger partial charge in [-0.1, -0.05) is 34.8 Å². The zero-order valence-corrected chi connectivity index (χ0v) is 11.7. The molecular formula is C11H5Cl3FNOS. The van der Waals surface area contributed by atoms with Gasteiger partial charge in [0.25, 0.3) is 5.91 Å². The first kappa shape index (κ1) is 13.6. The highest BCUT2D eigenvalue weighted by Crippen LogP contribution is 2.32. The third-order valence-corrected chi connectivity index (χ3v) is 3.88. The van der Waals surface area contributed by atoms with E-state index in [0.29, 0.717) is 10.0 Å². The van der Waals surface area contributed by atoms with Gasteiger partial charge in [0.15, 0.2) is 0 Å². The summed E-state index contributed by atoms with van der Waals surface area (Å²) in [5.74, 6) is -0.925. The minimum Gasteiger partial charge on any atom is -0.321 e. The highest BCUT2D eigenvalue weighted by atomic mass is 35.5. The van der Waals surface area contributed by atoms with Crippen LogP contribution in [0.15, 0.2) is 24.3 Å². The van der Waals surface area contributed by atoms with Crippen LogP contribution in [0.4, 0.5) is 10.1 Å². The van der Waals surface area contributed by atoms with Crippen LogP contribution in [0.1, 0.15) is 10.4 Å². The van der Waals surface area contributed by atoms with Crippen LogP contribution in [-0.4, -0.2) is 5.91 Å². The summed E-state index contributed by atoms with van der Waals surface area (Å²) in [6.45, 7) is 0. The van der Waals surface area contributed by atoms with Gasteiger partial charge in [0, 0.05) is 0 Å². The lowest BCUT2D eigenvalue weighted by atomic mass is 10.2. The van der Waals surface area contributed by atoms with Crippen molar-refractivity contribution in [1.29, 1.82) is 0 Å².